The third-order valence-electron chi connectivity index (χ3n) is 10.7. The number of carbonyl (C=O) groups is 5. The van der Waals surface area contributed by atoms with Crippen LogP contribution in [0.4, 0.5) is 4.79 Å². The smallest absolute Gasteiger partial charge is 0.408 e. The molecule has 4 fully saturated rings. The molecular formula is C31H50N4O6. The Labute approximate surface area is 244 Å². The Morgan fingerprint density at radius 2 is 1.54 bits per heavy atom. The molecule has 4 aliphatic rings. The van der Waals surface area contributed by atoms with Crippen molar-refractivity contribution in [3.05, 3.63) is 0 Å². The first-order valence-corrected chi connectivity index (χ1v) is 15.4. The molecule has 0 spiro atoms. The number of ether oxygens (including phenoxy) is 1. The molecule has 3 saturated carbocycles. The van der Waals surface area contributed by atoms with Crippen molar-refractivity contribution in [3.63, 3.8) is 0 Å². The van der Waals surface area contributed by atoms with Crippen LogP contribution >= 0.6 is 0 Å². The second-order valence-electron chi connectivity index (χ2n) is 15.0. The summed E-state index contributed by atoms with van der Waals surface area (Å²) in [4.78, 5) is 67.6. The van der Waals surface area contributed by atoms with Gasteiger partial charge in [-0.1, -0.05) is 59.8 Å². The van der Waals surface area contributed by atoms with Crippen LogP contribution in [0.3, 0.4) is 0 Å². The fourth-order valence-electron chi connectivity index (χ4n) is 7.58. The summed E-state index contributed by atoms with van der Waals surface area (Å²) in [6, 6.07) is -2.66. The molecule has 10 heteroatoms. The summed E-state index contributed by atoms with van der Waals surface area (Å²) in [6.07, 6.45) is 6.23. The Bertz CT molecular complexity index is 1070. The van der Waals surface area contributed by atoms with Gasteiger partial charge in [-0.25, -0.2) is 4.79 Å². The van der Waals surface area contributed by atoms with Gasteiger partial charge in [0.2, 0.25) is 17.6 Å². The van der Waals surface area contributed by atoms with Crippen molar-refractivity contribution in [1.82, 2.24) is 15.5 Å². The van der Waals surface area contributed by atoms with Crippen molar-refractivity contribution in [2.75, 3.05) is 6.54 Å². The van der Waals surface area contributed by atoms with E-state index in [0.29, 0.717) is 13.0 Å². The van der Waals surface area contributed by atoms with Crippen molar-refractivity contribution in [1.29, 1.82) is 0 Å². The quantitative estimate of drug-likeness (QED) is 0.360. The molecule has 10 nitrogen and oxygen atoms in total. The van der Waals surface area contributed by atoms with Gasteiger partial charge in [-0.05, 0) is 74.5 Å². The van der Waals surface area contributed by atoms with Gasteiger partial charge in [0.1, 0.15) is 17.7 Å². The topological polar surface area (TPSA) is 148 Å². The van der Waals surface area contributed by atoms with Gasteiger partial charge < -0.3 is 26.0 Å². The van der Waals surface area contributed by atoms with Crippen LogP contribution in [-0.2, 0) is 23.9 Å². The van der Waals surface area contributed by atoms with E-state index in [9.17, 15) is 24.0 Å². The summed E-state index contributed by atoms with van der Waals surface area (Å²) < 4.78 is 5.53. The summed E-state index contributed by atoms with van der Waals surface area (Å²) in [5.74, 6) is -2.47. The maximum atomic E-state index is 14.5. The number of nitrogens with zero attached hydrogens (tertiary/aromatic N) is 1. The number of hydrogen-bond donors (Lipinski definition) is 3. The second kappa shape index (κ2) is 11.2. The Balaban J connectivity index is 1.64. The van der Waals surface area contributed by atoms with Gasteiger partial charge in [-0.2, -0.15) is 0 Å². The highest BCUT2D eigenvalue weighted by Gasteiger charge is 2.70. The van der Waals surface area contributed by atoms with Crippen LogP contribution in [0.5, 0.6) is 0 Å². The summed E-state index contributed by atoms with van der Waals surface area (Å²) in [5.41, 5.74) is 4.20. The van der Waals surface area contributed by atoms with Crippen molar-refractivity contribution < 1.29 is 28.7 Å². The van der Waals surface area contributed by atoms with E-state index in [0.717, 1.165) is 44.9 Å². The first-order chi connectivity index (χ1) is 19.0. The van der Waals surface area contributed by atoms with E-state index >= 15 is 0 Å². The van der Waals surface area contributed by atoms with E-state index < -0.39 is 47.4 Å². The zero-order valence-electron chi connectivity index (χ0n) is 25.9. The van der Waals surface area contributed by atoms with Crippen LogP contribution in [-0.4, -0.2) is 64.8 Å². The van der Waals surface area contributed by atoms with Gasteiger partial charge in [0.25, 0.3) is 5.91 Å². The summed E-state index contributed by atoms with van der Waals surface area (Å²) in [6.45, 7) is 14.3. The number of likely N-dealkylation sites (tertiary alicyclic amines) is 1. The number of hydrogen-bond acceptors (Lipinski definition) is 6. The number of carbonyl (C=O) groups excluding carboxylic acids is 5. The molecule has 0 radical (unpaired) electrons. The molecule has 0 aromatic carbocycles. The van der Waals surface area contributed by atoms with Crippen molar-refractivity contribution >= 4 is 29.6 Å². The lowest BCUT2D eigenvalue weighted by Crippen LogP contribution is -2.64. The highest BCUT2D eigenvalue weighted by Crippen LogP contribution is 2.68. The number of alkyl carbamates (subject to hydrolysis) is 1. The number of fused-ring (bicyclic) bond motifs is 1. The predicted molar refractivity (Wildman–Crippen MR) is 153 cm³/mol. The van der Waals surface area contributed by atoms with Gasteiger partial charge in [0.15, 0.2) is 0 Å². The molecule has 41 heavy (non-hydrogen) atoms. The third-order valence-corrected chi connectivity index (χ3v) is 10.7. The molecule has 1 saturated heterocycles. The Kier molecular flexibility index (Phi) is 8.56. The minimum Gasteiger partial charge on any atom is -0.444 e. The third kappa shape index (κ3) is 6.26. The minimum atomic E-state index is -1.07. The number of ketones is 1. The lowest BCUT2D eigenvalue weighted by Gasteiger charge is -2.63. The van der Waals surface area contributed by atoms with Crippen LogP contribution in [0.2, 0.25) is 0 Å². The van der Waals surface area contributed by atoms with Crippen LogP contribution in [0, 0.1) is 34.5 Å². The van der Waals surface area contributed by atoms with Gasteiger partial charge in [-0.3, -0.25) is 19.2 Å². The van der Waals surface area contributed by atoms with Crippen LogP contribution in [0.1, 0.15) is 99.8 Å². The lowest BCUT2D eigenvalue weighted by molar-refractivity contribution is -0.161. The van der Waals surface area contributed by atoms with E-state index in [4.69, 9.17) is 10.5 Å². The molecule has 1 heterocycles. The molecule has 3 aliphatic carbocycles. The maximum Gasteiger partial charge on any atom is 0.408 e. The van der Waals surface area contributed by atoms with Gasteiger partial charge in [0, 0.05) is 6.54 Å². The standard InChI is InChI=1S/C31H50N4O6/c1-29(2,3)41-28(40)34-22(18-11-9-8-10-12-18)27(39)35-16-19-21(31(6,7)30(19,4)5)23(35)26(38)33-20(15-17-13-14-17)24(36)25(32)37/h17-23H,8-16H2,1-7H3,(H2,32,37)(H,33,38)(H,34,40)/t19-,20?,21-,22?,23-/m0/s1. The molecule has 2 unspecified atom stereocenters. The molecule has 4 rings (SSSR count). The van der Waals surface area contributed by atoms with Crippen LogP contribution in [0.15, 0.2) is 0 Å². The average molecular weight is 575 g/mol. The highest BCUT2D eigenvalue weighted by atomic mass is 16.6. The van der Waals surface area contributed by atoms with Crippen molar-refractivity contribution in [3.8, 4) is 0 Å². The molecule has 0 bridgehead atoms. The van der Waals surface area contributed by atoms with Crippen LogP contribution in [0.25, 0.3) is 0 Å². The van der Waals surface area contributed by atoms with Crippen molar-refractivity contribution in [2.24, 2.45) is 40.2 Å². The minimum absolute atomic E-state index is 0.0641. The zero-order chi connectivity index (χ0) is 30.5. The van der Waals surface area contributed by atoms with Gasteiger partial charge >= 0.3 is 6.09 Å². The number of primary amides is 1. The second-order valence-corrected chi connectivity index (χ2v) is 15.0. The van der Waals surface area contributed by atoms with Gasteiger partial charge in [-0.15, -0.1) is 0 Å². The van der Waals surface area contributed by atoms with E-state index in [2.05, 4.69) is 38.3 Å². The highest BCUT2D eigenvalue weighted by molar-refractivity contribution is 6.37. The average Bonchev–Trinajstić information content (AvgIpc) is 3.60. The van der Waals surface area contributed by atoms with E-state index in [-0.39, 0.29) is 40.4 Å². The summed E-state index contributed by atoms with van der Waals surface area (Å²) >= 11 is 0. The summed E-state index contributed by atoms with van der Waals surface area (Å²) in [7, 11) is 0. The fourth-order valence-corrected chi connectivity index (χ4v) is 7.58. The fraction of sp³-hybridized carbons (Fsp3) is 0.839. The number of nitrogens with two attached hydrogens (primary N) is 1. The van der Waals surface area contributed by atoms with E-state index in [1.807, 2.05) is 0 Å². The monoisotopic (exact) mass is 574 g/mol. The SMILES string of the molecule is CC(C)(C)OC(=O)NC(C(=O)N1C[C@H]2[C@@H]([C@H]1C(=O)NC(CC1CC1)C(=O)C(N)=O)C(C)(C)C2(C)C)C1CCCCC1. The largest absolute Gasteiger partial charge is 0.444 e. The Hall–Kier alpha value is -2.65. The molecule has 4 N–H and O–H groups in total. The van der Waals surface area contributed by atoms with Gasteiger partial charge in [0.05, 0.1) is 6.04 Å². The molecule has 0 aromatic heterocycles. The predicted octanol–water partition coefficient (Wildman–Crippen LogP) is 3.31. The maximum absolute atomic E-state index is 14.5. The molecule has 0 aromatic rings. The Morgan fingerprint density at radius 1 is 0.927 bits per heavy atom. The lowest BCUT2D eigenvalue weighted by atomic mass is 9.40. The Morgan fingerprint density at radius 3 is 2.07 bits per heavy atom. The first-order valence-electron chi connectivity index (χ1n) is 15.4. The number of nitrogens with one attached hydrogen (secondary N) is 2. The summed E-state index contributed by atoms with van der Waals surface area (Å²) in [5, 5.41) is 5.72. The molecule has 230 valence electrons. The molecule has 1 aliphatic heterocycles. The first kappa shape index (κ1) is 31.3. The van der Waals surface area contributed by atoms with Crippen molar-refractivity contribution in [2.45, 2.75) is 124 Å². The number of rotatable bonds is 9. The number of Topliss-reactive ketones (excluding diaryl/α,β-unsaturated/α-hetero) is 1. The zero-order valence-corrected chi connectivity index (χ0v) is 25.9. The molecular weight excluding hydrogens is 524 g/mol. The molecule has 5 atom stereocenters. The van der Waals surface area contributed by atoms with E-state index in [1.165, 1.54) is 0 Å². The molecule has 4 amide bonds. The normalized spacial score (nSPS) is 28.5. The van der Waals surface area contributed by atoms with E-state index in [1.54, 1.807) is 25.7 Å². The number of amides is 4. The van der Waals surface area contributed by atoms with Crippen LogP contribution < -0.4 is 16.4 Å².